The Morgan fingerprint density at radius 3 is 2.45 bits per heavy atom. The van der Waals surface area contributed by atoms with Crippen molar-refractivity contribution in [2.24, 2.45) is 0 Å². The molecule has 0 radical (unpaired) electrons. The molecule has 1 saturated carbocycles. The Morgan fingerprint density at radius 2 is 1.76 bits per heavy atom. The number of urea groups is 1. The molecule has 1 aliphatic heterocycles. The maximum absolute atomic E-state index is 12.1. The van der Waals surface area contributed by atoms with Crippen LogP contribution in [0.4, 0.5) is 4.79 Å². The summed E-state index contributed by atoms with van der Waals surface area (Å²) in [4.78, 5) is 35.7. The highest BCUT2D eigenvalue weighted by atomic mass is 16.5. The van der Waals surface area contributed by atoms with Crippen LogP contribution < -0.4 is 15.4 Å². The third-order valence-corrected chi connectivity index (χ3v) is 5.08. The van der Waals surface area contributed by atoms with Crippen LogP contribution in [0, 0.1) is 0 Å². The number of rotatable bonds is 7. The van der Waals surface area contributed by atoms with Crippen molar-refractivity contribution in [2.45, 2.75) is 57.1 Å². The van der Waals surface area contributed by atoms with E-state index in [9.17, 15) is 14.4 Å². The van der Waals surface area contributed by atoms with E-state index >= 15 is 0 Å². The van der Waals surface area contributed by atoms with E-state index in [2.05, 4.69) is 10.6 Å². The van der Waals surface area contributed by atoms with E-state index in [0.29, 0.717) is 17.9 Å². The van der Waals surface area contributed by atoms with E-state index < -0.39 is 24.5 Å². The van der Waals surface area contributed by atoms with Crippen LogP contribution in [-0.2, 0) is 14.3 Å². The molecular weight excluding hydrogens is 376 g/mol. The van der Waals surface area contributed by atoms with Crippen LogP contribution in [0.2, 0.25) is 0 Å². The first-order chi connectivity index (χ1) is 14.1. The first-order valence-electron chi connectivity index (χ1n) is 10.2. The molecule has 1 saturated heterocycles. The standard InChI is InChI=1S/C21H28N2O6/c24-19(23-21(26)22-16-5-2-1-3-6-16)14-29-20(25)15-8-10-17(11-9-15)28-13-18-7-4-12-27-18/h8-11,16,18H,1-7,12-14H2,(H2,22,23,24,26). The molecular formula is C21H28N2O6. The fourth-order valence-corrected chi connectivity index (χ4v) is 3.50. The van der Waals surface area contributed by atoms with Gasteiger partial charge in [0, 0.05) is 12.6 Å². The van der Waals surface area contributed by atoms with Crippen molar-refractivity contribution in [1.29, 1.82) is 0 Å². The molecule has 1 heterocycles. The van der Waals surface area contributed by atoms with Gasteiger partial charge in [-0.2, -0.15) is 0 Å². The zero-order valence-electron chi connectivity index (χ0n) is 16.5. The Morgan fingerprint density at radius 1 is 1.00 bits per heavy atom. The van der Waals surface area contributed by atoms with E-state index in [1.54, 1.807) is 24.3 Å². The first kappa shape index (κ1) is 21.1. The van der Waals surface area contributed by atoms with E-state index in [0.717, 1.165) is 45.1 Å². The van der Waals surface area contributed by atoms with E-state index in [1.807, 2.05) is 0 Å². The lowest BCUT2D eigenvalue weighted by Gasteiger charge is -2.22. The van der Waals surface area contributed by atoms with Crippen LogP contribution in [0.1, 0.15) is 55.3 Å². The third kappa shape index (κ3) is 7.05. The Labute approximate surface area is 170 Å². The molecule has 0 bridgehead atoms. The summed E-state index contributed by atoms with van der Waals surface area (Å²) in [6.45, 7) is 0.732. The van der Waals surface area contributed by atoms with Crippen molar-refractivity contribution in [3.63, 3.8) is 0 Å². The van der Waals surface area contributed by atoms with Crippen LogP contribution in [0.25, 0.3) is 0 Å². The van der Waals surface area contributed by atoms with Gasteiger partial charge in [0.25, 0.3) is 5.91 Å². The summed E-state index contributed by atoms with van der Waals surface area (Å²) in [5.74, 6) is -0.670. The molecule has 158 valence electrons. The lowest BCUT2D eigenvalue weighted by Crippen LogP contribution is -2.46. The van der Waals surface area contributed by atoms with Crippen LogP contribution >= 0.6 is 0 Å². The van der Waals surface area contributed by atoms with Crippen molar-refractivity contribution < 1.29 is 28.6 Å². The van der Waals surface area contributed by atoms with Crippen LogP contribution in [0.15, 0.2) is 24.3 Å². The molecule has 8 nitrogen and oxygen atoms in total. The van der Waals surface area contributed by atoms with Crippen molar-refractivity contribution in [2.75, 3.05) is 19.8 Å². The number of carbonyl (C=O) groups is 3. The number of ether oxygens (including phenoxy) is 3. The highest BCUT2D eigenvalue weighted by Gasteiger charge is 2.18. The minimum atomic E-state index is -0.664. The minimum Gasteiger partial charge on any atom is -0.491 e. The minimum absolute atomic E-state index is 0.0973. The molecule has 3 amide bonds. The number of nitrogens with one attached hydrogen (secondary N) is 2. The number of amides is 3. The maximum Gasteiger partial charge on any atom is 0.338 e. The molecule has 1 aliphatic carbocycles. The largest absolute Gasteiger partial charge is 0.491 e. The number of esters is 1. The molecule has 2 aliphatic rings. The second kappa shape index (κ2) is 10.8. The summed E-state index contributed by atoms with van der Waals surface area (Å²) in [6.07, 6.45) is 7.34. The zero-order chi connectivity index (χ0) is 20.5. The van der Waals surface area contributed by atoms with Crippen molar-refractivity contribution in [1.82, 2.24) is 10.6 Å². The molecule has 29 heavy (non-hydrogen) atoms. The van der Waals surface area contributed by atoms with Gasteiger partial charge in [-0.25, -0.2) is 9.59 Å². The van der Waals surface area contributed by atoms with Crippen LogP contribution in [-0.4, -0.2) is 49.9 Å². The number of benzene rings is 1. The molecule has 3 rings (SSSR count). The second-order valence-corrected chi connectivity index (χ2v) is 7.40. The molecule has 0 aromatic heterocycles. The monoisotopic (exact) mass is 404 g/mol. The van der Waals surface area contributed by atoms with Gasteiger partial charge >= 0.3 is 12.0 Å². The van der Waals surface area contributed by atoms with Gasteiger partial charge in [0.05, 0.1) is 11.7 Å². The van der Waals surface area contributed by atoms with Gasteiger partial charge in [-0.3, -0.25) is 10.1 Å². The topological polar surface area (TPSA) is 103 Å². The summed E-state index contributed by atoms with van der Waals surface area (Å²) in [5.41, 5.74) is 0.300. The number of carbonyl (C=O) groups excluding carboxylic acids is 3. The lowest BCUT2D eigenvalue weighted by atomic mass is 9.96. The Hall–Kier alpha value is -2.61. The summed E-state index contributed by atoms with van der Waals surface area (Å²) in [6, 6.07) is 6.03. The zero-order valence-corrected chi connectivity index (χ0v) is 16.5. The van der Waals surface area contributed by atoms with Crippen LogP contribution in [0.5, 0.6) is 5.75 Å². The Bertz CT molecular complexity index is 694. The number of imide groups is 1. The summed E-state index contributed by atoms with van der Waals surface area (Å²) in [7, 11) is 0. The summed E-state index contributed by atoms with van der Waals surface area (Å²) >= 11 is 0. The van der Waals surface area contributed by atoms with Crippen molar-refractivity contribution >= 4 is 17.9 Å². The fourth-order valence-electron chi connectivity index (χ4n) is 3.50. The first-order valence-corrected chi connectivity index (χ1v) is 10.2. The van der Waals surface area contributed by atoms with Crippen molar-refractivity contribution in [3.05, 3.63) is 29.8 Å². The number of hydrogen-bond donors (Lipinski definition) is 2. The van der Waals surface area contributed by atoms with Gasteiger partial charge in [-0.05, 0) is 49.9 Å². The third-order valence-electron chi connectivity index (χ3n) is 5.08. The average Bonchev–Trinajstić information content (AvgIpc) is 3.25. The molecule has 1 aromatic carbocycles. The van der Waals surface area contributed by atoms with Gasteiger partial charge in [0.1, 0.15) is 12.4 Å². The molecule has 1 aromatic rings. The smallest absolute Gasteiger partial charge is 0.338 e. The molecule has 1 atom stereocenters. The fraction of sp³-hybridized carbons (Fsp3) is 0.571. The highest BCUT2D eigenvalue weighted by Crippen LogP contribution is 2.18. The molecule has 1 unspecified atom stereocenters. The van der Waals surface area contributed by atoms with Gasteiger partial charge in [-0.15, -0.1) is 0 Å². The second-order valence-electron chi connectivity index (χ2n) is 7.40. The summed E-state index contributed by atoms with van der Waals surface area (Å²) in [5, 5.41) is 4.96. The predicted octanol–water partition coefficient (Wildman–Crippen LogP) is 2.56. The molecule has 2 fully saturated rings. The Balaban J connectivity index is 1.35. The Kier molecular flexibility index (Phi) is 7.86. The van der Waals surface area contributed by atoms with Gasteiger partial charge < -0.3 is 19.5 Å². The number of hydrogen-bond acceptors (Lipinski definition) is 6. The van der Waals surface area contributed by atoms with Crippen molar-refractivity contribution in [3.8, 4) is 5.75 Å². The lowest BCUT2D eigenvalue weighted by molar-refractivity contribution is -0.123. The van der Waals surface area contributed by atoms with E-state index in [4.69, 9.17) is 14.2 Å². The van der Waals surface area contributed by atoms with Gasteiger partial charge in [0.2, 0.25) is 0 Å². The average molecular weight is 404 g/mol. The molecule has 2 N–H and O–H groups in total. The predicted molar refractivity (Wildman–Crippen MR) is 105 cm³/mol. The summed E-state index contributed by atoms with van der Waals surface area (Å²) < 4.78 is 16.1. The van der Waals surface area contributed by atoms with E-state index in [-0.39, 0.29) is 12.1 Å². The quantitative estimate of drug-likeness (QED) is 0.677. The molecule has 0 spiro atoms. The maximum atomic E-state index is 12.1. The highest BCUT2D eigenvalue weighted by molar-refractivity contribution is 5.97. The van der Waals surface area contributed by atoms with Gasteiger partial charge in [0.15, 0.2) is 6.61 Å². The van der Waals surface area contributed by atoms with E-state index in [1.165, 1.54) is 6.42 Å². The molecule has 8 heteroatoms. The van der Waals surface area contributed by atoms with Gasteiger partial charge in [-0.1, -0.05) is 19.3 Å². The SMILES string of the molecule is O=C(COC(=O)c1ccc(OCC2CCCO2)cc1)NC(=O)NC1CCCCC1. The normalized spacial score (nSPS) is 19.4. The van der Waals surface area contributed by atoms with Crippen LogP contribution in [0.3, 0.4) is 0 Å².